The van der Waals surface area contributed by atoms with Crippen LogP contribution in [0.3, 0.4) is 0 Å². The number of ether oxygens (including phenoxy) is 2. The Hall–Kier alpha value is -1.73. The van der Waals surface area contributed by atoms with Crippen LogP contribution in [-0.2, 0) is 16.1 Å². The molecule has 0 radical (unpaired) electrons. The number of benzene rings is 2. The Morgan fingerprint density at radius 3 is 2.44 bits per heavy atom. The minimum atomic E-state index is -0.000131. The number of likely N-dealkylation sites (tertiary alicyclic amines) is 1. The fourth-order valence-electron chi connectivity index (χ4n) is 5.02. The molecular formula is C29H39ClN2O3S. The van der Waals surface area contributed by atoms with Gasteiger partial charge in [-0.15, -0.1) is 0 Å². The van der Waals surface area contributed by atoms with E-state index in [2.05, 4.69) is 35.3 Å². The van der Waals surface area contributed by atoms with Crippen LogP contribution in [0.5, 0.6) is 5.75 Å². The van der Waals surface area contributed by atoms with Gasteiger partial charge < -0.3 is 14.4 Å². The number of methoxy groups -OCH3 is 1. The average molecular weight is 531 g/mol. The standard InChI is InChI=1S/C29H39ClN2O3S/c1-4-25(19-31(2)36-27-14-15-27)32-28(22-7-10-24(30)11-8-22)16-9-23(29(32)33)17-18-35-20-21-5-12-26(34-3)13-6-21/h5-8,10-13,23,25,27-28H,4,9,14-20H2,1-3H3. The van der Waals surface area contributed by atoms with Crippen molar-refractivity contribution in [2.45, 2.75) is 69.4 Å². The van der Waals surface area contributed by atoms with Gasteiger partial charge in [0.2, 0.25) is 5.91 Å². The fourth-order valence-corrected chi connectivity index (χ4v) is 6.26. The Labute approximate surface area is 225 Å². The second kappa shape index (κ2) is 13.2. The molecule has 7 heteroatoms. The van der Waals surface area contributed by atoms with E-state index in [0.717, 1.165) is 53.8 Å². The summed E-state index contributed by atoms with van der Waals surface area (Å²) >= 11 is 8.11. The predicted molar refractivity (Wildman–Crippen MR) is 148 cm³/mol. The van der Waals surface area contributed by atoms with E-state index < -0.39 is 0 Å². The zero-order chi connectivity index (χ0) is 25.5. The van der Waals surface area contributed by atoms with Crippen molar-refractivity contribution in [3.63, 3.8) is 0 Å². The number of nitrogens with zero attached hydrogens (tertiary/aromatic N) is 2. The Morgan fingerprint density at radius 2 is 1.81 bits per heavy atom. The predicted octanol–water partition coefficient (Wildman–Crippen LogP) is 6.76. The van der Waals surface area contributed by atoms with Crippen molar-refractivity contribution in [3.8, 4) is 5.75 Å². The summed E-state index contributed by atoms with van der Waals surface area (Å²) in [4.78, 5) is 16.1. The first-order chi connectivity index (χ1) is 17.5. The second-order valence-electron chi connectivity index (χ2n) is 9.95. The molecule has 1 heterocycles. The third-order valence-electron chi connectivity index (χ3n) is 7.21. The van der Waals surface area contributed by atoms with Gasteiger partial charge in [-0.25, -0.2) is 0 Å². The number of carbonyl (C=O) groups is 1. The van der Waals surface area contributed by atoms with Gasteiger partial charge in [0.1, 0.15) is 5.75 Å². The third-order valence-corrected chi connectivity index (χ3v) is 8.74. The molecule has 2 aliphatic rings. The van der Waals surface area contributed by atoms with Gasteiger partial charge in [0.15, 0.2) is 0 Å². The first-order valence-electron chi connectivity index (χ1n) is 13.1. The third kappa shape index (κ3) is 7.41. The van der Waals surface area contributed by atoms with Crippen molar-refractivity contribution < 1.29 is 14.3 Å². The number of hydrogen-bond acceptors (Lipinski definition) is 5. The highest BCUT2D eigenvalue weighted by Gasteiger charge is 2.39. The summed E-state index contributed by atoms with van der Waals surface area (Å²) in [6, 6.07) is 16.2. The number of rotatable bonds is 13. The summed E-state index contributed by atoms with van der Waals surface area (Å²) in [7, 11) is 3.84. The largest absolute Gasteiger partial charge is 0.497 e. The zero-order valence-electron chi connectivity index (χ0n) is 21.7. The van der Waals surface area contributed by atoms with Crippen molar-refractivity contribution in [2.24, 2.45) is 5.92 Å². The SMILES string of the molecule is CCC(CN(C)SC1CC1)N1C(=O)C(CCOCc2ccc(OC)cc2)CCC1c1ccc(Cl)cc1. The number of carbonyl (C=O) groups excluding carboxylic acids is 1. The number of piperidine rings is 1. The van der Waals surface area contributed by atoms with Crippen LogP contribution in [0.2, 0.25) is 5.02 Å². The highest BCUT2D eigenvalue weighted by Crippen LogP contribution is 2.40. The van der Waals surface area contributed by atoms with Crippen molar-refractivity contribution >= 4 is 29.5 Å². The van der Waals surface area contributed by atoms with Crippen LogP contribution in [0.4, 0.5) is 0 Å². The smallest absolute Gasteiger partial charge is 0.226 e. The summed E-state index contributed by atoms with van der Waals surface area (Å²) in [6.07, 6.45) is 6.15. The monoisotopic (exact) mass is 530 g/mol. The van der Waals surface area contributed by atoms with Crippen LogP contribution in [0.1, 0.15) is 62.6 Å². The number of halogens is 1. The zero-order valence-corrected chi connectivity index (χ0v) is 23.3. The Kier molecular flexibility index (Phi) is 10.00. The number of hydrogen-bond donors (Lipinski definition) is 0. The van der Waals surface area contributed by atoms with Crippen molar-refractivity contribution in [1.29, 1.82) is 0 Å². The molecule has 4 rings (SSSR count). The molecule has 0 bridgehead atoms. The first kappa shape index (κ1) is 27.3. The van der Waals surface area contributed by atoms with Gasteiger partial charge in [0, 0.05) is 35.4 Å². The van der Waals surface area contributed by atoms with Crippen LogP contribution in [0.25, 0.3) is 0 Å². The Morgan fingerprint density at radius 1 is 1.08 bits per heavy atom. The van der Waals surface area contributed by atoms with Gasteiger partial charge in [-0.2, -0.15) is 0 Å². The molecule has 1 aliphatic heterocycles. The lowest BCUT2D eigenvalue weighted by atomic mass is 9.85. The Balaban J connectivity index is 1.40. The summed E-state index contributed by atoms with van der Waals surface area (Å²) < 4.78 is 13.5. The maximum absolute atomic E-state index is 13.9. The van der Waals surface area contributed by atoms with Gasteiger partial charge >= 0.3 is 0 Å². The van der Waals surface area contributed by atoms with Gasteiger partial charge in [-0.3, -0.25) is 9.10 Å². The van der Waals surface area contributed by atoms with E-state index in [-0.39, 0.29) is 23.9 Å². The van der Waals surface area contributed by atoms with Gasteiger partial charge in [-0.1, -0.05) is 54.7 Å². The molecular weight excluding hydrogens is 492 g/mol. The molecule has 1 amide bonds. The first-order valence-corrected chi connectivity index (χ1v) is 14.4. The summed E-state index contributed by atoms with van der Waals surface area (Å²) in [5, 5.41) is 1.49. The number of amides is 1. The van der Waals surface area contributed by atoms with Gasteiger partial charge in [0.25, 0.3) is 0 Å². The quantitative estimate of drug-likeness (QED) is 0.211. The summed E-state index contributed by atoms with van der Waals surface area (Å²) in [5.41, 5.74) is 2.29. The maximum atomic E-state index is 13.9. The van der Waals surface area contributed by atoms with Crippen LogP contribution in [0.15, 0.2) is 48.5 Å². The van der Waals surface area contributed by atoms with E-state index in [9.17, 15) is 4.79 Å². The molecule has 1 saturated heterocycles. The van der Waals surface area contributed by atoms with E-state index in [1.165, 1.54) is 18.4 Å². The van der Waals surface area contributed by atoms with Crippen LogP contribution in [-0.4, -0.2) is 53.7 Å². The van der Waals surface area contributed by atoms with Crippen molar-refractivity contribution in [3.05, 3.63) is 64.7 Å². The van der Waals surface area contributed by atoms with Crippen LogP contribution in [0, 0.1) is 5.92 Å². The molecule has 2 fully saturated rings. The minimum absolute atomic E-state index is 0.000131. The Bertz CT molecular complexity index is 967. The van der Waals surface area contributed by atoms with Gasteiger partial charge in [0.05, 0.1) is 19.8 Å². The lowest BCUT2D eigenvalue weighted by molar-refractivity contribution is -0.146. The minimum Gasteiger partial charge on any atom is -0.497 e. The van der Waals surface area contributed by atoms with E-state index in [0.29, 0.717) is 13.2 Å². The highest BCUT2D eigenvalue weighted by atomic mass is 35.5. The molecule has 3 atom stereocenters. The second-order valence-corrected chi connectivity index (χ2v) is 11.9. The molecule has 3 unspecified atom stereocenters. The maximum Gasteiger partial charge on any atom is 0.226 e. The van der Waals surface area contributed by atoms with Crippen LogP contribution < -0.4 is 4.74 Å². The lowest BCUT2D eigenvalue weighted by Gasteiger charge is -2.45. The van der Waals surface area contributed by atoms with E-state index in [1.807, 2.05) is 48.3 Å². The normalized spacial score (nSPS) is 21.1. The molecule has 0 spiro atoms. The molecule has 1 saturated carbocycles. The van der Waals surface area contributed by atoms with E-state index in [4.69, 9.17) is 21.1 Å². The average Bonchev–Trinajstić information content (AvgIpc) is 3.71. The van der Waals surface area contributed by atoms with E-state index in [1.54, 1.807) is 7.11 Å². The van der Waals surface area contributed by atoms with Crippen LogP contribution >= 0.6 is 23.5 Å². The van der Waals surface area contributed by atoms with Gasteiger partial charge in [-0.05, 0) is 81.0 Å². The number of likely N-dealkylation sites (N-methyl/N-ethyl adjacent to an activating group) is 1. The molecule has 0 N–H and O–H groups in total. The molecule has 196 valence electrons. The molecule has 2 aromatic carbocycles. The molecule has 1 aliphatic carbocycles. The molecule has 2 aromatic rings. The van der Waals surface area contributed by atoms with E-state index >= 15 is 0 Å². The summed E-state index contributed by atoms with van der Waals surface area (Å²) in [5.74, 6) is 1.11. The highest BCUT2D eigenvalue weighted by molar-refractivity contribution is 7.97. The van der Waals surface area contributed by atoms with Crippen molar-refractivity contribution in [1.82, 2.24) is 9.21 Å². The topological polar surface area (TPSA) is 42.0 Å². The molecule has 5 nitrogen and oxygen atoms in total. The molecule has 0 aromatic heterocycles. The van der Waals surface area contributed by atoms with Crippen molar-refractivity contribution in [2.75, 3.05) is 27.3 Å². The fraction of sp³-hybridized carbons (Fsp3) is 0.552. The lowest BCUT2D eigenvalue weighted by Crippen LogP contribution is -2.51. The molecule has 36 heavy (non-hydrogen) atoms. The summed E-state index contributed by atoms with van der Waals surface area (Å²) in [6.45, 7) is 4.21.